The summed E-state index contributed by atoms with van der Waals surface area (Å²) >= 11 is 0. The molecule has 4 aromatic rings. The lowest BCUT2D eigenvalue weighted by molar-refractivity contribution is 0.196. The molecule has 0 bridgehead atoms. The monoisotopic (exact) mass is 458 g/mol. The lowest BCUT2D eigenvalue weighted by Gasteiger charge is -2.11. The Morgan fingerprint density at radius 2 is 1.56 bits per heavy atom. The molecule has 4 rings (SSSR count). The highest BCUT2D eigenvalue weighted by Crippen LogP contribution is 2.17. The maximum atomic E-state index is 12.4. The number of nitrogens with one attached hydrogen (secondary N) is 1. The van der Waals surface area contributed by atoms with E-state index >= 15 is 0 Å². The van der Waals surface area contributed by atoms with Crippen LogP contribution in [0.25, 0.3) is 5.82 Å². The zero-order valence-corrected chi connectivity index (χ0v) is 18.4. The first-order chi connectivity index (χ1) is 16.5. The van der Waals surface area contributed by atoms with Gasteiger partial charge in [0.05, 0.1) is 13.7 Å². The van der Waals surface area contributed by atoms with Crippen LogP contribution in [0.5, 0.6) is 5.75 Å². The fourth-order valence-corrected chi connectivity index (χ4v) is 3.30. The number of aromatic nitrogens is 3. The van der Waals surface area contributed by atoms with Gasteiger partial charge in [0.1, 0.15) is 5.75 Å². The Morgan fingerprint density at radius 1 is 0.853 bits per heavy atom. The molecular weight excluding hydrogens is 436 g/mol. The van der Waals surface area contributed by atoms with Crippen molar-refractivity contribution in [3.05, 3.63) is 128 Å². The standard InChI is InChI=1S/C25H22N4O5/c1-32-21-11-9-18(10-12-21)16-20-8-5-15-27-24(20)29-25(26)28(17-19-6-3-2-4-7-19)33-22(30)13-14-23(31)34-29/h2-15,26H,16-17H2,1H3. The number of nitrogens with zero attached hydrogens (tertiary/aromatic N) is 3. The molecule has 0 aliphatic carbocycles. The number of rotatable bonds is 6. The van der Waals surface area contributed by atoms with Crippen LogP contribution in [0, 0.1) is 5.41 Å². The summed E-state index contributed by atoms with van der Waals surface area (Å²) in [4.78, 5) is 28.9. The van der Waals surface area contributed by atoms with E-state index in [-0.39, 0.29) is 18.0 Å². The summed E-state index contributed by atoms with van der Waals surface area (Å²) in [6.07, 6.45) is 1.98. The predicted octanol–water partition coefficient (Wildman–Crippen LogP) is 2.83. The third-order valence-electron chi connectivity index (χ3n) is 4.95. The minimum Gasteiger partial charge on any atom is -0.497 e. The SMILES string of the molecule is COc1ccc(Cc2cccnc2-n2oc(=O)ccc(=O)on(Cc3ccccc3)c2=N)cc1. The van der Waals surface area contributed by atoms with Gasteiger partial charge in [-0.3, -0.25) is 5.41 Å². The summed E-state index contributed by atoms with van der Waals surface area (Å²) in [7, 11) is 1.60. The van der Waals surface area contributed by atoms with E-state index in [1.807, 2.05) is 60.7 Å². The van der Waals surface area contributed by atoms with Crippen LogP contribution in [0.4, 0.5) is 0 Å². The van der Waals surface area contributed by atoms with Gasteiger partial charge < -0.3 is 13.8 Å². The summed E-state index contributed by atoms with van der Waals surface area (Å²) in [5.41, 5.74) is 0.408. The van der Waals surface area contributed by atoms with Gasteiger partial charge in [-0.15, -0.1) is 4.74 Å². The largest absolute Gasteiger partial charge is 0.497 e. The van der Waals surface area contributed by atoms with Gasteiger partial charge in [-0.25, -0.2) is 14.6 Å². The van der Waals surface area contributed by atoms with Crippen molar-refractivity contribution in [2.24, 2.45) is 0 Å². The number of benzene rings is 2. The van der Waals surface area contributed by atoms with Gasteiger partial charge in [-0.05, 0) is 29.3 Å². The summed E-state index contributed by atoms with van der Waals surface area (Å²) in [6.45, 7) is 0.0634. The first-order valence-corrected chi connectivity index (χ1v) is 10.4. The van der Waals surface area contributed by atoms with Crippen molar-refractivity contribution in [1.82, 2.24) is 14.5 Å². The lowest BCUT2D eigenvalue weighted by atomic mass is 10.1. The van der Waals surface area contributed by atoms with Gasteiger partial charge in [-0.1, -0.05) is 48.5 Å². The molecule has 0 atom stereocenters. The van der Waals surface area contributed by atoms with Crippen molar-refractivity contribution in [2.75, 3.05) is 7.11 Å². The van der Waals surface area contributed by atoms with Gasteiger partial charge in [0.2, 0.25) is 0 Å². The number of ether oxygens (including phenoxy) is 1. The third kappa shape index (κ3) is 5.39. The summed E-state index contributed by atoms with van der Waals surface area (Å²) in [5, 5.41) is 8.75. The molecule has 2 aromatic carbocycles. The van der Waals surface area contributed by atoms with Gasteiger partial charge in [0, 0.05) is 30.3 Å². The molecule has 0 saturated heterocycles. The van der Waals surface area contributed by atoms with Crippen molar-refractivity contribution < 1.29 is 13.8 Å². The second-order valence-corrected chi connectivity index (χ2v) is 7.31. The Bertz CT molecular complexity index is 1500. The second-order valence-electron chi connectivity index (χ2n) is 7.31. The molecule has 0 aliphatic heterocycles. The van der Waals surface area contributed by atoms with E-state index in [1.54, 1.807) is 13.2 Å². The van der Waals surface area contributed by atoms with Gasteiger partial charge in [-0.2, -0.15) is 4.74 Å². The average Bonchev–Trinajstić information content (AvgIpc) is 2.91. The normalized spacial score (nSPS) is 10.5. The summed E-state index contributed by atoms with van der Waals surface area (Å²) in [6, 6.07) is 22.2. The summed E-state index contributed by atoms with van der Waals surface area (Å²) in [5.74, 6) is 0.956. The molecule has 9 nitrogen and oxygen atoms in total. The molecule has 0 amide bonds. The average molecular weight is 458 g/mol. The van der Waals surface area contributed by atoms with Crippen LogP contribution < -0.4 is 21.6 Å². The Hall–Kier alpha value is -4.66. The van der Waals surface area contributed by atoms with Crippen LogP contribution in [0.1, 0.15) is 16.7 Å². The molecule has 0 radical (unpaired) electrons. The Morgan fingerprint density at radius 3 is 2.26 bits per heavy atom. The zero-order chi connectivity index (χ0) is 23.9. The van der Waals surface area contributed by atoms with Gasteiger partial charge in [0.25, 0.3) is 5.62 Å². The van der Waals surface area contributed by atoms with Crippen LogP contribution in [0.15, 0.2) is 104 Å². The van der Waals surface area contributed by atoms with E-state index in [2.05, 4.69) is 4.98 Å². The molecule has 34 heavy (non-hydrogen) atoms. The van der Waals surface area contributed by atoms with Crippen LogP contribution >= 0.6 is 0 Å². The number of pyridine rings is 1. The highest BCUT2D eigenvalue weighted by Gasteiger charge is 2.12. The van der Waals surface area contributed by atoms with Gasteiger partial charge >= 0.3 is 11.3 Å². The fraction of sp³-hybridized carbons (Fsp3) is 0.120. The molecule has 0 unspecified atom stereocenters. The topological polar surface area (TPSA) is 116 Å². The third-order valence-corrected chi connectivity index (χ3v) is 4.95. The van der Waals surface area contributed by atoms with Crippen molar-refractivity contribution in [3.63, 3.8) is 0 Å². The van der Waals surface area contributed by atoms with E-state index in [0.717, 1.165) is 38.5 Å². The molecule has 0 fully saturated rings. The molecule has 1 N–H and O–H groups in total. The van der Waals surface area contributed by atoms with Crippen LogP contribution in [-0.2, 0) is 13.0 Å². The van der Waals surface area contributed by atoms with E-state index in [4.69, 9.17) is 19.2 Å². The smallest absolute Gasteiger partial charge is 0.356 e. The molecule has 0 aliphatic rings. The first-order valence-electron chi connectivity index (χ1n) is 10.4. The minimum absolute atomic E-state index is 0.0634. The highest BCUT2D eigenvalue weighted by atomic mass is 16.5. The maximum absolute atomic E-state index is 12.4. The van der Waals surface area contributed by atoms with Gasteiger partial charge in [0.15, 0.2) is 5.82 Å². The second kappa shape index (κ2) is 10.3. The van der Waals surface area contributed by atoms with Crippen LogP contribution in [0.3, 0.4) is 0 Å². The Kier molecular flexibility index (Phi) is 6.83. The fourth-order valence-electron chi connectivity index (χ4n) is 3.30. The Balaban J connectivity index is 1.89. The number of hydrogen-bond donors (Lipinski definition) is 1. The van der Waals surface area contributed by atoms with Crippen molar-refractivity contribution >= 4 is 0 Å². The zero-order valence-electron chi connectivity index (χ0n) is 18.4. The number of hydrogen-bond acceptors (Lipinski definition) is 7. The number of methoxy groups -OCH3 is 1. The van der Waals surface area contributed by atoms with Crippen molar-refractivity contribution in [2.45, 2.75) is 13.0 Å². The first kappa shape index (κ1) is 22.5. The molecule has 2 heterocycles. The maximum Gasteiger partial charge on any atom is 0.356 e. The minimum atomic E-state index is -0.843. The molecular formula is C25H22N4O5. The molecule has 2 aromatic heterocycles. The predicted molar refractivity (Wildman–Crippen MR) is 123 cm³/mol. The van der Waals surface area contributed by atoms with Crippen LogP contribution in [0.2, 0.25) is 0 Å². The van der Waals surface area contributed by atoms with Crippen molar-refractivity contribution in [3.8, 4) is 11.6 Å². The lowest BCUT2D eigenvalue weighted by Crippen LogP contribution is -2.31. The summed E-state index contributed by atoms with van der Waals surface area (Å²) < 4.78 is 18.0. The van der Waals surface area contributed by atoms with E-state index in [1.165, 1.54) is 6.20 Å². The molecule has 9 heteroatoms. The molecule has 0 spiro atoms. The molecule has 0 saturated carbocycles. The Labute approximate surface area is 193 Å². The van der Waals surface area contributed by atoms with Crippen molar-refractivity contribution in [1.29, 1.82) is 5.41 Å². The highest BCUT2D eigenvalue weighted by molar-refractivity contribution is 5.38. The van der Waals surface area contributed by atoms with E-state index in [0.29, 0.717) is 12.0 Å². The quantitative estimate of drug-likeness (QED) is 0.475. The van der Waals surface area contributed by atoms with E-state index < -0.39 is 11.3 Å². The van der Waals surface area contributed by atoms with Crippen LogP contribution in [-0.4, -0.2) is 21.6 Å². The molecule has 172 valence electrons. The van der Waals surface area contributed by atoms with E-state index in [9.17, 15) is 9.59 Å².